The van der Waals surface area contributed by atoms with Gasteiger partial charge in [-0.1, -0.05) is 90.5 Å². The third kappa shape index (κ3) is 9.52. The van der Waals surface area contributed by atoms with Gasteiger partial charge in [0.15, 0.2) is 5.13 Å². The van der Waals surface area contributed by atoms with E-state index in [-0.39, 0.29) is 11.6 Å². The molecule has 0 fully saturated rings. The predicted octanol–water partition coefficient (Wildman–Crippen LogP) is 9.35. The Bertz CT molecular complexity index is 2160. The van der Waals surface area contributed by atoms with Crippen molar-refractivity contribution in [1.29, 1.82) is 0 Å². The number of thiazole rings is 1. The van der Waals surface area contributed by atoms with Gasteiger partial charge < -0.3 is 20.7 Å². The van der Waals surface area contributed by atoms with Crippen LogP contribution in [0.1, 0.15) is 26.7 Å². The average molecular weight is 731 g/mol. The Kier molecular flexibility index (Phi) is 11.6. The number of aromatic nitrogens is 1. The Morgan fingerprint density at radius 3 is 2.24 bits per heavy atom. The summed E-state index contributed by atoms with van der Waals surface area (Å²) in [5.41, 5.74) is 4.07. The maximum absolute atomic E-state index is 13.8. The molecule has 6 rings (SSSR count). The minimum atomic E-state index is -0.629. The number of rotatable bonds is 12. The molecule has 0 spiro atoms. The molecule has 0 aliphatic heterocycles. The Labute approximate surface area is 308 Å². The van der Waals surface area contributed by atoms with Crippen LogP contribution >= 0.6 is 34.7 Å². The fraction of sp³-hybridized carbons (Fsp3) is 0.0500. The van der Waals surface area contributed by atoms with Crippen molar-refractivity contribution >= 4 is 69.3 Å². The van der Waals surface area contributed by atoms with Gasteiger partial charge in [-0.2, -0.15) is 0 Å². The third-order valence-electron chi connectivity index (χ3n) is 7.52. The lowest BCUT2D eigenvalue weighted by Gasteiger charge is -2.17. The quantitative estimate of drug-likeness (QED) is 0.0856. The van der Waals surface area contributed by atoms with Crippen molar-refractivity contribution in [3.63, 3.8) is 0 Å². The minimum Gasteiger partial charge on any atom is -0.497 e. The van der Waals surface area contributed by atoms with Crippen molar-refractivity contribution < 1.29 is 19.1 Å². The number of thioether (sulfide) groups is 1. The fourth-order valence-corrected chi connectivity index (χ4v) is 6.88. The lowest BCUT2D eigenvalue weighted by molar-refractivity contribution is -0.116. The number of hydrogen-bond acceptors (Lipinski definition) is 7. The molecule has 1 heterocycles. The van der Waals surface area contributed by atoms with Crippen molar-refractivity contribution in [2.45, 2.75) is 10.1 Å². The van der Waals surface area contributed by atoms with E-state index in [0.717, 1.165) is 21.7 Å². The Morgan fingerprint density at radius 1 is 0.824 bits per heavy atom. The zero-order valence-electron chi connectivity index (χ0n) is 27.2. The molecule has 0 aliphatic rings. The molecule has 1 atom stereocenters. The van der Waals surface area contributed by atoms with Crippen LogP contribution in [0.4, 0.5) is 10.8 Å². The van der Waals surface area contributed by atoms with Gasteiger partial charge in [-0.15, -0.1) is 23.1 Å². The summed E-state index contributed by atoms with van der Waals surface area (Å²) in [7, 11) is 1.57. The highest BCUT2D eigenvalue weighted by atomic mass is 35.5. The highest BCUT2D eigenvalue weighted by Gasteiger charge is 2.24. The summed E-state index contributed by atoms with van der Waals surface area (Å²) >= 11 is 8.72. The van der Waals surface area contributed by atoms with E-state index >= 15 is 0 Å². The number of hydrogen-bond donors (Lipinski definition) is 3. The van der Waals surface area contributed by atoms with Gasteiger partial charge in [-0.3, -0.25) is 14.4 Å². The van der Waals surface area contributed by atoms with E-state index in [4.69, 9.17) is 16.3 Å². The minimum absolute atomic E-state index is 0.0510. The standard InChI is InChI=1S/C40H31ClN4O4S2/c1-49-32-21-15-26(16-22-32)23-34(43-37(46)29-11-6-3-7-12-29)38(47)42-31-13-8-14-33(24-31)51-36(28-9-4-2-5-10-28)39(48)45-40-44-35(25-50-40)27-17-19-30(41)20-18-27/h2-25,36H,1H3,(H,42,47)(H,43,46)(H,44,45,48)/b34-23+. The Hall–Kier alpha value is -5.68. The molecule has 6 aromatic rings. The maximum atomic E-state index is 13.8. The largest absolute Gasteiger partial charge is 0.497 e. The molecular weight excluding hydrogens is 700 g/mol. The number of amides is 3. The van der Waals surface area contributed by atoms with Crippen molar-refractivity contribution in [2.75, 3.05) is 17.7 Å². The van der Waals surface area contributed by atoms with E-state index in [1.807, 2.05) is 60.0 Å². The van der Waals surface area contributed by atoms with Gasteiger partial charge in [0.05, 0.1) is 12.8 Å². The molecule has 0 bridgehead atoms. The molecule has 3 amide bonds. The third-order valence-corrected chi connectivity index (χ3v) is 9.77. The normalized spacial score (nSPS) is 11.7. The van der Waals surface area contributed by atoms with Crippen LogP contribution in [-0.2, 0) is 9.59 Å². The second kappa shape index (κ2) is 16.8. The van der Waals surface area contributed by atoms with E-state index in [1.165, 1.54) is 23.1 Å². The molecule has 0 saturated heterocycles. The number of anilines is 2. The number of benzene rings is 5. The van der Waals surface area contributed by atoms with Crippen LogP contribution in [0.2, 0.25) is 5.02 Å². The first kappa shape index (κ1) is 35.2. The monoisotopic (exact) mass is 730 g/mol. The smallest absolute Gasteiger partial charge is 0.272 e. The fourth-order valence-electron chi connectivity index (χ4n) is 4.95. The predicted molar refractivity (Wildman–Crippen MR) is 206 cm³/mol. The van der Waals surface area contributed by atoms with E-state index in [1.54, 1.807) is 92.0 Å². The molecule has 254 valence electrons. The molecule has 11 heteroatoms. The number of halogens is 1. The van der Waals surface area contributed by atoms with Crippen LogP contribution in [0.25, 0.3) is 17.3 Å². The summed E-state index contributed by atoms with van der Waals surface area (Å²) in [4.78, 5) is 45.9. The summed E-state index contributed by atoms with van der Waals surface area (Å²) in [6.45, 7) is 0. The zero-order valence-corrected chi connectivity index (χ0v) is 29.6. The van der Waals surface area contributed by atoms with Crippen LogP contribution < -0.4 is 20.7 Å². The van der Waals surface area contributed by atoms with Gasteiger partial charge in [0.1, 0.15) is 16.7 Å². The number of carbonyl (C=O) groups excluding carboxylic acids is 3. The summed E-state index contributed by atoms with van der Waals surface area (Å²) in [6.07, 6.45) is 1.60. The van der Waals surface area contributed by atoms with Crippen LogP contribution in [0, 0.1) is 0 Å². The molecule has 0 aliphatic carbocycles. The van der Waals surface area contributed by atoms with Gasteiger partial charge >= 0.3 is 0 Å². The molecule has 1 unspecified atom stereocenters. The first-order valence-corrected chi connectivity index (χ1v) is 17.9. The molecule has 8 nitrogen and oxygen atoms in total. The maximum Gasteiger partial charge on any atom is 0.272 e. The Morgan fingerprint density at radius 2 is 1.53 bits per heavy atom. The van der Waals surface area contributed by atoms with Gasteiger partial charge in [-0.25, -0.2) is 4.98 Å². The first-order valence-electron chi connectivity index (χ1n) is 15.7. The van der Waals surface area contributed by atoms with Crippen molar-refractivity contribution in [2.24, 2.45) is 0 Å². The Balaban J connectivity index is 1.21. The van der Waals surface area contributed by atoms with Gasteiger partial charge in [0.25, 0.3) is 11.8 Å². The summed E-state index contributed by atoms with van der Waals surface area (Å²) in [5.74, 6) is -0.523. The molecule has 3 N–H and O–H groups in total. The second-order valence-electron chi connectivity index (χ2n) is 11.1. The van der Waals surface area contributed by atoms with Crippen LogP contribution in [0.5, 0.6) is 5.75 Å². The first-order chi connectivity index (χ1) is 24.8. The van der Waals surface area contributed by atoms with Crippen LogP contribution in [0.3, 0.4) is 0 Å². The molecule has 51 heavy (non-hydrogen) atoms. The molecule has 5 aromatic carbocycles. The van der Waals surface area contributed by atoms with Gasteiger partial charge in [0.2, 0.25) is 5.91 Å². The second-order valence-corrected chi connectivity index (χ2v) is 13.5. The zero-order chi connectivity index (χ0) is 35.6. The molecule has 1 aromatic heterocycles. The highest BCUT2D eigenvalue weighted by molar-refractivity contribution is 8.00. The van der Waals surface area contributed by atoms with E-state index in [9.17, 15) is 14.4 Å². The molecule has 0 radical (unpaired) electrons. The van der Waals surface area contributed by atoms with E-state index in [2.05, 4.69) is 20.9 Å². The van der Waals surface area contributed by atoms with Crippen molar-refractivity contribution in [1.82, 2.24) is 10.3 Å². The summed E-state index contributed by atoms with van der Waals surface area (Å²) < 4.78 is 5.25. The van der Waals surface area contributed by atoms with Crippen LogP contribution in [0.15, 0.2) is 149 Å². The summed E-state index contributed by atoms with van der Waals surface area (Å²) in [6, 6.07) is 39.8. The number of ether oxygens (including phenoxy) is 1. The van der Waals surface area contributed by atoms with E-state index < -0.39 is 17.1 Å². The number of nitrogens with zero attached hydrogens (tertiary/aromatic N) is 1. The molecular formula is C40H31ClN4O4S2. The van der Waals surface area contributed by atoms with Crippen molar-refractivity contribution in [3.8, 4) is 17.0 Å². The lowest BCUT2D eigenvalue weighted by atomic mass is 10.1. The highest BCUT2D eigenvalue weighted by Crippen LogP contribution is 2.38. The molecule has 0 saturated carbocycles. The van der Waals surface area contributed by atoms with Crippen molar-refractivity contribution in [3.05, 3.63) is 166 Å². The average Bonchev–Trinajstić information content (AvgIpc) is 3.63. The van der Waals surface area contributed by atoms with E-state index in [0.29, 0.717) is 32.7 Å². The lowest BCUT2D eigenvalue weighted by Crippen LogP contribution is -2.30. The number of methoxy groups -OCH3 is 1. The number of carbonyl (C=O) groups is 3. The van der Waals surface area contributed by atoms with Gasteiger partial charge in [-0.05, 0) is 71.8 Å². The van der Waals surface area contributed by atoms with Crippen LogP contribution in [-0.4, -0.2) is 29.8 Å². The number of nitrogens with one attached hydrogen (secondary N) is 3. The summed E-state index contributed by atoms with van der Waals surface area (Å²) in [5, 5.41) is 11.0. The SMILES string of the molecule is COc1ccc(/C=C(/NC(=O)c2ccccc2)C(=O)Nc2cccc(SC(C(=O)Nc3nc(-c4ccc(Cl)cc4)cs3)c3ccccc3)c2)cc1. The van der Waals surface area contributed by atoms with Gasteiger partial charge in [0, 0.05) is 32.1 Å². The topological polar surface area (TPSA) is 109 Å².